The number of carbonyl (C=O) groups excluding carboxylic acids is 1. The number of carbonyl (C=O) groups is 1. The van der Waals surface area contributed by atoms with E-state index >= 15 is 0 Å². The number of benzene rings is 2. The molecule has 0 aliphatic carbocycles. The zero-order valence-corrected chi connectivity index (χ0v) is 20.9. The van der Waals surface area contributed by atoms with E-state index in [0.717, 1.165) is 10.0 Å². The fourth-order valence-electron chi connectivity index (χ4n) is 3.14. The second-order valence-electron chi connectivity index (χ2n) is 8.50. The molecule has 0 aliphatic heterocycles. The third-order valence-electron chi connectivity index (χ3n) is 4.67. The van der Waals surface area contributed by atoms with Crippen molar-refractivity contribution in [3.05, 3.63) is 75.5 Å². The molecule has 168 valence electrons. The average molecular weight is 517 g/mol. The summed E-state index contributed by atoms with van der Waals surface area (Å²) in [4.78, 5) is 20.9. The molecule has 32 heavy (non-hydrogen) atoms. The standard InChI is InChI=1S/C23H25BrN4O3S/c1-14-12-15(2)26-22(25-14)28-32(30,31)18-9-7-17(8-10-18)27-21(29)16-6-11-19(20(24)13-16)23(3,4)5/h6-13H,1-5H3,(H,27,29)(H,25,26,28). The average Bonchev–Trinajstić information content (AvgIpc) is 2.66. The predicted octanol–water partition coefficient (Wildman–Crippen LogP) is 5.21. The molecule has 3 rings (SSSR count). The van der Waals surface area contributed by atoms with Crippen LogP contribution < -0.4 is 10.0 Å². The normalized spacial score (nSPS) is 11.8. The first-order valence-corrected chi connectivity index (χ1v) is 12.2. The van der Waals surface area contributed by atoms with Gasteiger partial charge in [0.1, 0.15) is 0 Å². The summed E-state index contributed by atoms with van der Waals surface area (Å²) in [6, 6.07) is 13.1. The lowest BCUT2D eigenvalue weighted by molar-refractivity contribution is 0.102. The molecular formula is C23H25BrN4O3S. The van der Waals surface area contributed by atoms with E-state index in [4.69, 9.17) is 0 Å². The molecule has 1 heterocycles. The third kappa shape index (κ3) is 5.72. The Bertz CT molecular complexity index is 1250. The Morgan fingerprint density at radius 3 is 2.06 bits per heavy atom. The maximum atomic E-state index is 12.6. The molecule has 9 heteroatoms. The third-order valence-corrected chi connectivity index (χ3v) is 6.67. The lowest BCUT2D eigenvalue weighted by Crippen LogP contribution is -2.16. The number of hydrogen-bond donors (Lipinski definition) is 2. The van der Waals surface area contributed by atoms with Crippen molar-refractivity contribution in [2.75, 3.05) is 10.0 Å². The fraction of sp³-hybridized carbons (Fsp3) is 0.261. The summed E-state index contributed by atoms with van der Waals surface area (Å²) in [5.41, 5.74) is 3.35. The predicted molar refractivity (Wildman–Crippen MR) is 130 cm³/mol. The lowest BCUT2D eigenvalue weighted by atomic mass is 9.86. The van der Waals surface area contributed by atoms with Gasteiger partial charge in [0.25, 0.3) is 15.9 Å². The number of sulfonamides is 1. The zero-order chi connectivity index (χ0) is 23.7. The monoisotopic (exact) mass is 516 g/mol. The molecule has 0 spiro atoms. The van der Waals surface area contributed by atoms with Crippen LogP contribution in [0.3, 0.4) is 0 Å². The minimum atomic E-state index is -3.86. The first kappa shape index (κ1) is 23.9. The summed E-state index contributed by atoms with van der Waals surface area (Å²) in [6.07, 6.45) is 0. The lowest BCUT2D eigenvalue weighted by Gasteiger charge is -2.21. The Kier molecular flexibility index (Phi) is 6.71. The zero-order valence-electron chi connectivity index (χ0n) is 18.5. The quantitative estimate of drug-likeness (QED) is 0.484. The first-order valence-electron chi connectivity index (χ1n) is 9.92. The SMILES string of the molecule is Cc1cc(C)nc(NS(=O)(=O)c2ccc(NC(=O)c3ccc(C(C)(C)C)c(Br)c3)cc2)n1. The van der Waals surface area contributed by atoms with Gasteiger partial charge in [-0.2, -0.15) is 0 Å². The molecule has 0 unspecified atom stereocenters. The van der Waals surface area contributed by atoms with Gasteiger partial charge in [-0.15, -0.1) is 0 Å². The van der Waals surface area contributed by atoms with Gasteiger partial charge in [0.15, 0.2) is 0 Å². The number of halogens is 1. The van der Waals surface area contributed by atoms with Gasteiger partial charge < -0.3 is 5.32 Å². The second kappa shape index (κ2) is 8.99. The van der Waals surface area contributed by atoms with Gasteiger partial charge in [0.05, 0.1) is 4.90 Å². The number of nitrogens with one attached hydrogen (secondary N) is 2. The van der Waals surface area contributed by atoms with Gasteiger partial charge in [-0.25, -0.2) is 23.1 Å². The van der Waals surface area contributed by atoms with Crippen molar-refractivity contribution in [2.24, 2.45) is 0 Å². The van der Waals surface area contributed by atoms with Gasteiger partial charge in [0.2, 0.25) is 5.95 Å². The Balaban J connectivity index is 1.74. The van der Waals surface area contributed by atoms with E-state index in [1.54, 1.807) is 32.0 Å². The summed E-state index contributed by atoms with van der Waals surface area (Å²) in [5.74, 6) is -0.271. The smallest absolute Gasteiger partial charge is 0.264 e. The van der Waals surface area contributed by atoms with Gasteiger partial charge in [0, 0.05) is 27.1 Å². The van der Waals surface area contributed by atoms with Crippen LogP contribution in [0.4, 0.5) is 11.6 Å². The van der Waals surface area contributed by atoms with Gasteiger partial charge in [-0.05, 0) is 67.3 Å². The number of anilines is 2. The summed E-state index contributed by atoms with van der Waals surface area (Å²) < 4.78 is 28.5. The highest BCUT2D eigenvalue weighted by molar-refractivity contribution is 9.10. The summed E-state index contributed by atoms with van der Waals surface area (Å²) >= 11 is 3.54. The molecule has 1 aromatic heterocycles. The number of rotatable bonds is 5. The highest BCUT2D eigenvalue weighted by Gasteiger charge is 2.19. The van der Waals surface area contributed by atoms with Crippen LogP contribution in [-0.4, -0.2) is 24.3 Å². The van der Waals surface area contributed by atoms with Crippen molar-refractivity contribution in [1.82, 2.24) is 9.97 Å². The molecule has 0 saturated carbocycles. The fourth-order valence-corrected chi connectivity index (χ4v) is 5.05. The van der Waals surface area contributed by atoms with Crippen LogP contribution in [0.1, 0.15) is 48.1 Å². The Labute approximate surface area is 196 Å². The Morgan fingerprint density at radius 2 is 1.53 bits per heavy atom. The van der Waals surface area contributed by atoms with Crippen LogP contribution in [0, 0.1) is 13.8 Å². The van der Waals surface area contributed by atoms with Crippen molar-refractivity contribution in [1.29, 1.82) is 0 Å². The largest absolute Gasteiger partial charge is 0.322 e. The van der Waals surface area contributed by atoms with E-state index < -0.39 is 10.0 Å². The van der Waals surface area contributed by atoms with Crippen molar-refractivity contribution in [3.63, 3.8) is 0 Å². The molecule has 7 nitrogen and oxygen atoms in total. The molecule has 3 aromatic rings. The van der Waals surface area contributed by atoms with Crippen LogP contribution in [-0.2, 0) is 15.4 Å². The van der Waals surface area contributed by atoms with E-state index in [0.29, 0.717) is 22.6 Å². The first-order chi connectivity index (χ1) is 14.8. The number of hydrogen-bond acceptors (Lipinski definition) is 5. The summed E-state index contributed by atoms with van der Waals surface area (Å²) in [6.45, 7) is 9.83. The second-order valence-corrected chi connectivity index (χ2v) is 11.0. The molecule has 0 aliphatic rings. The number of aryl methyl sites for hydroxylation is 2. The Hall–Kier alpha value is -2.78. The van der Waals surface area contributed by atoms with Crippen molar-refractivity contribution >= 4 is 43.5 Å². The number of aromatic nitrogens is 2. The van der Waals surface area contributed by atoms with Crippen LogP contribution >= 0.6 is 15.9 Å². The van der Waals surface area contributed by atoms with Crippen LogP contribution in [0.25, 0.3) is 0 Å². The molecule has 0 saturated heterocycles. The molecule has 0 bridgehead atoms. The summed E-state index contributed by atoms with van der Waals surface area (Å²) in [7, 11) is -3.86. The van der Waals surface area contributed by atoms with Gasteiger partial charge >= 0.3 is 0 Å². The molecule has 2 N–H and O–H groups in total. The van der Waals surface area contributed by atoms with E-state index in [-0.39, 0.29) is 22.2 Å². The summed E-state index contributed by atoms with van der Waals surface area (Å²) in [5, 5.41) is 2.79. The topological polar surface area (TPSA) is 101 Å². The molecule has 2 aromatic carbocycles. The van der Waals surface area contributed by atoms with Crippen LogP contribution in [0.5, 0.6) is 0 Å². The maximum Gasteiger partial charge on any atom is 0.264 e. The van der Waals surface area contributed by atoms with Crippen molar-refractivity contribution < 1.29 is 13.2 Å². The van der Waals surface area contributed by atoms with Gasteiger partial charge in [-0.1, -0.05) is 42.8 Å². The highest BCUT2D eigenvalue weighted by atomic mass is 79.9. The molecular weight excluding hydrogens is 492 g/mol. The van der Waals surface area contributed by atoms with E-state index in [1.807, 2.05) is 6.07 Å². The van der Waals surface area contributed by atoms with E-state index in [1.165, 1.54) is 24.3 Å². The van der Waals surface area contributed by atoms with Crippen molar-refractivity contribution in [2.45, 2.75) is 44.9 Å². The van der Waals surface area contributed by atoms with Crippen LogP contribution in [0.2, 0.25) is 0 Å². The van der Waals surface area contributed by atoms with Crippen molar-refractivity contribution in [3.8, 4) is 0 Å². The number of amides is 1. The van der Waals surface area contributed by atoms with Crippen LogP contribution in [0.15, 0.2) is 57.9 Å². The molecule has 0 atom stereocenters. The minimum absolute atomic E-state index is 0.0177. The maximum absolute atomic E-state index is 12.6. The van der Waals surface area contributed by atoms with Gasteiger partial charge in [-0.3, -0.25) is 4.79 Å². The minimum Gasteiger partial charge on any atom is -0.322 e. The Morgan fingerprint density at radius 1 is 0.938 bits per heavy atom. The van der Waals surface area contributed by atoms with E-state index in [2.05, 4.69) is 56.7 Å². The molecule has 0 fully saturated rings. The van der Waals surface area contributed by atoms with E-state index in [9.17, 15) is 13.2 Å². The molecule has 1 amide bonds. The highest BCUT2D eigenvalue weighted by Crippen LogP contribution is 2.30. The molecule has 0 radical (unpaired) electrons. The number of nitrogens with zero attached hydrogens (tertiary/aromatic N) is 2.